The Morgan fingerprint density at radius 3 is 1.91 bits per heavy atom. The van der Waals surface area contributed by atoms with Crippen LogP contribution in [0.5, 0.6) is 0 Å². The van der Waals surface area contributed by atoms with Gasteiger partial charge >= 0.3 is 23.9 Å². The number of rotatable bonds is 14. The van der Waals surface area contributed by atoms with Crippen LogP contribution in [0.2, 0.25) is 5.02 Å². The number of amides is 2. The van der Waals surface area contributed by atoms with E-state index in [1.807, 2.05) is 6.07 Å². The van der Waals surface area contributed by atoms with E-state index < -0.39 is 52.8 Å². The first kappa shape index (κ1) is 37.9. The Labute approximate surface area is 275 Å². The molecule has 2 aromatic carbocycles. The van der Waals surface area contributed by atoms with Gasteiger partial charge in [-0.25, -0.2) is 14.4 Å². The Kier molecular flexibility index (Phi) is 13.9. The molecular formula is C33H44ClN5O7. The van der Waals surface area contributed by atoms with Gasteiger partial charge in [-0.05, 0) is 84.9 Å². The first-order valence-corrected chi connectivity index (χ1v) is 15.4. The van der Waals surface area contributed by atoms with Crippen LogP contribution in [-0.4, -0.2) is 53.8 Å². The van der Waals surface area contributed by atoms with Crippen LogP contribution in [0.25, 0.3) is 10.4 Å². The van der Waals surface area contributed by atoms with Gasteiger partial charge in [-0.2, -0.15) is 0 Å². The van der Waals surface area contributed by atoms with E-state index in [0.717, 1.165) is 0 Å². The predicted molar refractivity (Wildman–Crippen MR) is 174 cm³/mol. The summed E-state index contributed by atoms with van der Waals surface area (Å²) in [7, 11) is 0. The van der Waals surface area contributed by atoms with E-state index in [4.69, 9.17) is 31.3 Å². The van der Waals surface area contributed by atoms with Crippen LogP contribution in [0.15, 0.2) is 59.7 Å². The van der Waals surface area contributed by atoms with Gasteiger partial charge in [0.25, 0.3) is 0 Å². The van der Waals surface area contributed by atoms with Crippen LogP contribution in [0.4, 0.5) is 4.79 Å². The van der Waals surface area contributed by atoms with Gasteiger partial charge in [0.2, 0.25) is 0 Å². The number of nitrogens with one attached hydrogen (secondary N) is 2. The molecule has 12 nitrogen and oxygen atoms in total. The van der Waals surface area contributed by atoms with Gasteiger partial charge in [0.05, 0.1) is 0 Å². The molecule has 0 aromatic heterocycles. The van der Waals surface area contributed by atoms with Crippen LogP contribution in [0, 0.1) is 0 Å². The van der Waals surface area contributed by atoms with Crippen LogP contribution >= 0.6 is 11.6 Å². The summed E-state index contributed by atoms with van der Waals surface area (Å²) in [4.78, 5) is 55.0. The molecule has 0 fully saturated rings. The van der Waals surface area contributed by atoms with Gasteiger partial charge in [-0.15, -0.1) is 0 Å². The molecule has 0 bridgehead atoms. The highest BCUT2D eigenvalue weighted by Crippen LogP contribution is 2.37. The molecular weight excluding hydrogens is 614 g/mol. The number of carbonyl (C=O) groups is 4. The number of azide groups is 1. The van der Waals surface area contributed by atoms with Gasteiger partial charge in [0.1, 0.15) is 23.3 Å². The van der Waals surface area contributed by atoms with Crippen LogP contribution < -0.4 is 10.6 Å². The molecule has 13 heteroatoms. The standard InChI is InChI=1S/C33H44ClN5O7/c1-31(2,3)44-27(40)19-13-18-25(28(41)45-32(4,5)6)37-30(43)38-26(20-21-36-39-35)29(42)46-33(7,22-14-9-8-10-15-22)23-16-11-12-17-24(23)34/h8-12,14-17,25-26H,13,18-21H2,1-7H3,(H2,37,38,43)/t25?,26-,33?/m0/s1. The van der Waals surface area contributed by atoms with Gasteiger partial charge < -0.3 is 24.8 Å². The molecule has 2 rings (SSSR count). The Morgan fingerprint density at radius 2 is 1.35 bits per heavy atom. The minimum atomic E-state index is -1.35. The fourth-order valence-corrected chi connectivity index (χ4v) is 4.77. The molecule has 2 amide bonds. The largest absolute Gasteiger partial charge is 0.460 e. The lowest BCUT2D eigenvalue weighted by Crippen LogP contribution is -2.53. The maximum absolute atomic E-state index is 13.7. The lowest BCUT2D eigenvalue weighted by Gasteiger charge is -2.33. The summed E-state index contributed by atoms with van der Waals surface area (Å²) in [6.45, 7) is 11.9. The van der Waals surface area contributed by atoms with E-state index in [-0.39, 0.29) is 32.2 Å². The SMILES string of the molecule is CC(C)(C)OC(=O)CCCC(NC(=O)N[C@@H](CCN=[N+]=[N-])C(=O)OC(C)(c1ccccc1)c1ccccc1Cl)C(=O)OC(C)(C)C. The zero-order valence-corrected chi connectivity index (χ0v) is 28.2. The van der Waals surface area contributed by atoms with Crippen LogP contribution in [0.1, 0.15) is 85.3 Å². The third-order valence-electron chi connectivity index (χ3n) is 6.48. The van der Waals surface area contributed by atoms with E-state index in [1.165, 1.54) is 0 Å². The Morgan fingerprint density at radius 1 is 0.804 bits per heavy atom. The number of ether oxygens (including phenoxy) is 3. The lowest BCUT2D eigenvalue weighted by molar-refractivity contribution is -0.159. The summed E-state index contributed by atoms with van der Waals surface area (Å²) >= 11 is 6.53. The third kappa shape index (κ3) is 12.6. The Bertz CT molecular complexity index is 1400. The quantitative estimate of drug-likeness (QED) is 0.0745. The first-order chi connectivity index (χ1) is 21.4. The molecule has 2 unspecified atom stereocenters. The number of hydrogen-bond donors (Lipinski definition) is 2. The molecule has 0 aliphatic rings. The first-order valence-electron chi connectivity index (χ1n) is 15.0. The topological polar surface area (TPSA) is 169 Å². The number of carbonyl (C=O) groups excluding carboxylic acids is 4. The molecule has 0 spiro atoms. The summed E-state index contributed by atoms with van der Waals surface area (Å²) in [5.41, 5.74) is 7.09. The fraction of sp³-hybridized carbons (Fsp3) is 0.515. The second kappa shape index (κ2) is 16.9. The molecule has 0 aliphatic heterocycles. The van der Waals surface area contributed by atoms with Crippen molar-refractivity contribution < 1.29 is 33.4 Å². The van der Waals surface area contributed by atoms with Gasteiger partial charge in [-0.3, -0.25) is 4.79 Å². The fourth-order valence-electron chi connectivity index (χ4n) is 4.45. The van der Waals surface area contributed by atoms with E-state index in [0.29, 0.717) is 16.1 Å². The molecule has 0 saturated carbocycles. The Hall–Kier alpha value is -4.28. The molecule has 2 N–H and O–H groups in total. The summed E-state index contributed by atoms with van der Waals surface area (Å²) in [5.74, 6) is -1.98. The molecule has 0 radical (unpaired) electrons. The highest BCUT2D eigenvalue weighted by molar-refractivity contribution is 6.31. The van der Waals surface area contributed by atoms with Crippen molar-refractivity contribution in [3.63, 3.8) is 0 Å². The molecule has 0 aliphatic carbocycles. The molecule has 0 saturated heterocycles. The molecule has 46 heavy (non-hydrogen) atoms. The molecule has 3 atom stereocenters. The van der Waals surface area contributed by atoms with Crippen molar-refractivity contribution >= 4 is 35.5 Å². The summed E-state index contributed by atoms with van der Waals surface area (Å²) in [5, 5.41) is 8.98. The summed E-state index contributed by atoms with van der Waals surface area (Å²) in [6, 6.07) is 12.6. The number of hydrogen-bond acceptors (Lipinski definition) is 8. The van der Waals surface area contributed by atoms with E-state index in [9.17, 15) is 19.2 Å². The van der Waals surface area contributed by atoms with Gasteiger partial charge in [0.15, 0.2) is 5.60 Å². The van der Waals surface area contributed by atoms with Crippen molar-refractivity contribution in [2.45, 2.75) is 103 Å². The third-order valence-corrected chi connectivity index (χ3v) is 6.81. The van der Waals surface area contributed by atoms with Crippen molar-refractivity contribution in [3.8, 4) is 0 Å². The van der Waals surface area contributed by atoms with Crippen molar-refractivity contribution in [2.75, 3.05) is 6.54 Å². The predicted octanol–water partition coefficient (Wildman–Crippen LogP) is 6.74. The molecule has 250 valence electrons. The molecule has 0 heterocycles. The second-order valence-electron chi connectivity index (χ2n) is 12.8. The highest BCUT2D eigenvalue weighted by atomic mass is 35.5. The minimum Gasteiger partial charge on any atom is -0.460 e. The van der Waals surface area contributed by atoms with Crippen molar-refractivity contribution in [2.24, 2.45) is 5.11 Å². The van der Waals surface area contributed by atoms with E-state index in [1.54, 1.807) is 97.0 Å². The number of halogens is 1. The maximum Gasteiger partial charge on any atom is 0.329 e. The summed E-state index contributed by atoms with van der Waals surface area (Å²) < 4.78 is 16.9. The number of urea groups is 1. The van der Waals surface area contributed by atoms with Crippen LogP contribution in [-0.2, 0) is 34.2 Å². The van der Waals surface area contributed by atoms with Crippen molar-refractivity contribution in [1.82, 2.24) is 10.6 Å². The number of nitrogens with zero attached hydrogens (tertiary/aromatic N) is 3. The zero-order valence-electron chi connectivity index (χ0n) is 27.5. The number of esters is 3. The number of benzene rings is 2. The van der Waals surface area contributed by atoms with Gasteiger partial charge in [0, 0.05) is 28.5 Å². The smallest absolute Gasteiger partial charge is 0.329 e. The average Bonchev–Trinajstić information content (AvgIpc) is 2.95. The Balaban J connectivity index is 2.29. The van der Waals surface area contributed by atoms with Crippen LogP contribution in [0.3, 0.4) is 0 Å². The zero-order chi connectivity index (χ0) is 34.5. The normalized spacial score (nSPS) is 14.0. The average molecular weight is 658 g/mol. The monoisotopic (exact) mass is 657 g/mol. The minimum absolute atomic E-state index is 0.0150. The van der Waals surface area contributed by atoms with Crippen molar-refractivity contribution in [3.05, 3.63) is 81.2 Å². The summed E-state index contributed by atoms with van der Waals surface area (Å²) in [6.07, 6.45) is 0.198. The lowest BCUT2D eigenvalue weighted by atomic mass is 9.87. The van der Waals surface area contributed by atoms with E-state index in [2.05, 4.69) is 20.7 Å². The highest BCUT2D eigenvalue weighted by Gasteiger charge is 2.38. The maximum atomic E-state index is 13.7. The van der Waals surface area contributed by atoms with Gasteiger partial charge in [-0.1, -0.05) is 65.2 Å². The van der Waals surface area contributed by atoms with E-state index >= 15 is 0 Å². The molecule has 2 aromatic rings. The second-order valence-corrected chi connectivity index (χ2v) is 13.2. The van der Waals surface area contributed by atoms with Crippen molar-refractivity contribution in [1.29, 1.82) is 0 Å².